The average Bonchev–Trinajstić information content (AvgIpc) is 2.81. The molecule has 0 aliphatic carbocycles. The number of nitrogens with zero attached hydrogens (tertiary/aromatic N) is 2. The van der Waals surface area contributed by atoms with Crippen molar-refractivity contribution in [3.63, 3.8) is 0 Å². The largest absolute Gasteiger partial charge is 0.392 e. The highest BCUT2D eigenvalue weighted by molar-refractivity contribution is 7.18. The van der Waals surface area contributed by atoms with E-state index in [0.29, 0.717) is 24.7 Å². The predicted octanol–water partition coefficient (Wildman–Crippen LogP) is 2.70. The Hall–Kier alpha value is -1.04. The Labute approximate surface area is 115 Å². The van der Waals surface area contributed by atoms with Crippen molar-refractivity contribution >= 4 is 21.6 Å². The van der Waals surface area contributed by atoms with Gasteiger partial charge in [-0.25, -0.2) is 9.37 Å². The van der Waals surface area contributed by atoms with E-state index in [1.54, 1.807) is 6.07 Å². The number of β-amino-alcohol motifs (C(OH)–C–C–N with tert-alkyl or cyclic N) is 1. The molecule has 0 saturated carbocycles. The van der Waals surface area contributed by atoms with E-state index in [9.17, 15) is 9.50 Å². The Kier molecular flexibility index (Phi) is 3.28. The van der Waals surface area contributed by atoms with Gasteiger partial charge in [0.2, 0.25) is 0 Å². The minimum absolute atomic E-state index is 0.176. The average molecular weight is 280 g/mol. The zero-order valence-corrected chi connectivity index (χ0v) is 11.9. The molecule has 5 heteroatoms. The van der Waals surface area contributed by atoms with Crippen molar-refractivity contribution in [2.24, 2.45) is 0 Å². The van der Waals surface area contributed by atoms with Crippen LogP contribution in [0.25, 0.3) is 10.2 Å². The molecule has 2 atom stereocenters. The quantitative estimate of drug-likeness (QED) is 0.919. The van der Waals surface area contributed by atoms with Gasteiger partial charge in [0.1, 0.15) is 5.82 Å². The fourth-order valence-corrected chi connectivity index (χ4v) is 3.57. The van der Waals surface area contributed by atoms with Crippen LogP contribution in [0.3, 0.4) is 0 Å². The van der Waals surface area contributed by atoms with Crippen molar-refractivity contribution in [2.75, 3.05) is 6.54 Å². The van der Waals surface area contributed by atoms with Crippen molar-refractivity contribution in [1.29, 1.82) is 0 Å². The minimum atomic E-state index is -0.289. The van der Waals surface area contributed by atoms with E-state index in [-0.39, 0.29) is 11.9 Å². The van der Waals surface area contributed by atoms with Crippen LogP contribution >= 0.6 is 11.3 Å². The second-order valence-electron chi connectivity index (χ2n) is 5.31. The second kappa shape index (κ2) is 4.81. The molecule has 102 valence electrons. The highest BCUT2D eigenvalue weighted by Crippen LogP contribution is 2.27. The van der Waals surface area contributed by atoms with Crippen LogP contribution in [0.2, 0.25) is 0 Å². The van der Waals surface area contributed by atoms with E-state index in [1.165, 1.54) is 11.3 Å². The topological polar surface area (TPSA) is 36.4 Å². The van der Waals surface area contributed by atoms with Crippen LogP contribution in [0.15, 0.2) is 12.1 Å². The van der Waals surface area contributed by atoms with E-state index in [1.807, 2.05) is 13.0 Å². The van der Waals surface area contributed by atoms with Crippen molar-refractivity contribution in [2.45, 2.75) is 39.0 Å². The molecule has 0 radical (unpaired) electrons. The van der Waals surface area contributed by atoms with Crippen LogP contribution in [-0.2, 0) is 6.54 Å². The summed E-state index contributed by atoms with van der Waals surface area (Å²) >= 11 is 1.51. The molecule has 1 aromatic carbocycles. The van der Waals surface area contributed by atoms with Crippen LogP contribution in [0.1, 0.15) is 23.9 Å². The third-order valence-electron chi connectivity index (χ3n) is 3.72. The summed E-state index contributed by atoms with van der Waals surface area (Å²) in [6.07, 6.45) is 0.475. The number of aliphatic hydroxyl groups excluding tert-OH is 1. The van der Waals surface area contributed by atoms with Gasteiger partial charge in [0.05, 0.1) is 21.3 Å². The number of aliphatic hydroxyl groups is 1. The zero-order chi connectivity index (χ0) is 13.6. The first-order valence-electron chi connectivity index (χ1n) is 6.50. The Bertz CT molecular complexity index is 613. The van der Waals surface area contributed by atoms with Crippen molar-refractivity contribution in [3.8, 4) is 0 Å². The van der Waals surface area contributed by atoms with Crippen LogP contribution in [0, 0.1) is 12.7 Å². The monoisotopic (exact) mass is 280 g/mol. The molecule has 2 heterocycles. The first kappa shape index (κ1) is 13.0. The van der Waals surface area contributed by atoms with Crippen LogP contribution in [0.4, 0.5) is 4.39 Å². The lowest BCUT2D eigenvalue weighted by atomic mass is 10.1. The Balaban J connectivity index is 1.90. The standard InChI is InChI=1S/C14H17FN2OS/c1-8-3-11(18)7-17(8)6-10-4-13-14(5-12(10)15)19-9(2)16-13/h4-5,8,11,18H,3,6-7H2,1-2H3/t8?,11-/m0/s1. The fraction of sp³-hybridized carbons (Fsp3) is 0.500. The van der Waals surface area contributed by atoms with Gasteiger partial charge < -0.3 is 5.11 Å². The highest BCUT2D eigenvalue weighted by atomic mass is 32.1. The molecule has 1 saturated heterocycles. The molecule has 0 bridgehead atoms. The summed E-state index contributed by atoms with van der Waals surface area (Å²) in [6.45, 7) is 5.16. The molecular formula is C14H17FN2OS. The van der Waals surface area contributed by atoms with E-state index < -0.39 is 0 Å². The molecule has 0 amide bonds. The van der Waals surface area contributed by atoms with Gasteiger partial charge in [0.25, 0.3) is 0 Å². The maximum atomic E-state index is 14.1. The lowest BCUT2D eigenvalue weighted by Gasteiger charge is -2.20. The number of aromatic nitrogens is 1. The number of aryl methyl sites for hydroxylation is 1. The number of fused-ring (bicyclic) bond motifs is 1. The van der Waals surface area contributed by atoms with Gasteiger partial charge in [-0.1, -0.05) is 0 Å². The molecule has 1 unspecified atom stereocenters. The maximum Gasteiger partial charge on any atom is 0.129 e. The predicted molar refractivity (Wildman–Crippen MR) is 74.8 cm³/mol. The molecule has 0 spiro atoms. The number of likely N-dealkylation sites (tertiary alicyclic amines) is 1. The number of rotatable bonds is 2. The van der Waals surface area contributed by atoms with Gasteiger partial charge in [0, 0.05) is 24.7 Å². The number of hydrogen-bond donors (Lipinski definition) is 1. The minimum Gasteiger partial charge on any atom is -0.392 e. The summed E-state index contributed by atoms with van der Waals surface area (Å²) in [7, 11) is 0. The molecule has 1 aliphatic heterocycles. The summed E-state index contributed by atoms with van der Waals surface area (Å²) in [5.74, 6) is -0.176. The third-order valence-corrected chi connectivity index (χ3v) is 4.65. The molecule has 3 nitrogen and oxygen atoms in total. The van der Waals surface area contributed by atoms with E-state index >= 15 is 0 Å². The molecular weight excluding hydrogens is 263 g/mol. The van der Waals surface area contributed by atoms with Gasteiger partial charge in [0.15, 0.2) is 0 Å². The van der Waals surface area contributed by atoms with Crippen LogP contribution in [-0.4, -0.2) is 33.7 Å². The summed E-state index contributed by atoms with van der Waals surface area (Å²) in [6, 6.07) is 3.71. The fourth-order valence-electron chi connectivity index (χ4n) is 2.74. The van der Waals surface area contributed by atoms with Crippen molar-refractivity contribution in [3.05, 3.63) is 28.5 Å². The second-order valence-corrected chi connectivity index (χ2v) is 6.55. The normalized spacial score (nSPS) is 24.4. The van der Waals surface area contributed by atoms with Crippen molar-refractivity contribution in [1.82, 2.24) is 9.88 Å². The SMILES string of the molecule is Cc1nc2cc(CN3C[C@@H](O)CC3C)c(F)cc2s1. The Morgan fingerprint density at radius 1 is 1.53 bits per heavy atom. The summed E-state index contributed by atoms with van der Waals surface area (Å²) < 4.78 is 15.0. The molecule has 2 aromatic rings. The van der Waals surface area contributed by atoms with E-state index in [4.69, 9.17) is 0 Å². The Morgan fingerprint density at radius 3 is 3.00 bits per heavy atom. The van der Waals surface area contributed by atoms with Gasteiger partial charge in [-0.2, -0.15) is 0 Å². The Morgan fingerprint density at radius 2 is 2.32 bits per heavy atom. The molecule has 1 N–H and O–H groups in total. The summed E-state index contributed by atoms with van der Waals surface area (Å²) in [5, 5.41) is 10.6. The molecule has 1 aliphatic rings. The van der Waals surface area contributed by atoms with E-state index in [2.05, 4.69) is 16.8 Å². The number of hydrogen-bond acceptors (Lipinski definition) is 4. The van der Waals surface area contributed by atoms with Gasteiger partial charge >= 0.3 is 0 Å². The molecule has 19 heavy (non-hydrogen) atoms. The van der Waals surface area contributed by atoms with Crippen LogP contribution < -0.4 is 0 Å². The van der Waals surface area contributed by atoms with E-state index in [0.717, 1.165) is 21.6 Å². The highest BCUT2D eigenvalue weighted by Gasteiger charge is 2.28. The number of halogens is 1. The smallest absolute Gasteiger partial charge is 0.129 e. The zero-order valence-electron chi connectivity index (χ0n) is 11.1. The number of thiazole rings is 1. The van der Waals surface area contributed by atoms with Crippen molar-refractivity contribution < 1.29 is 9.50 Å². The first-order chi connectivity index (χ1) is 9.02. The first-order valence-corrected chi connectivity index (χ1v) is 7.32. The summed E-state index contributed by atoms with van der Waals surface area (Å²) in [4.78, 5) is 6.53. The third kappa shape index (κ3) is 2.50. The maximum absolute atomic E-state index is 14.1. The molecule has 1 fully saturated rings. The lowest BCUT2D eigenvalue weighted by Crippen LogP contribution is -2.27. The number of benzene rings is 1. The van der Waals surface area contributed by atoms with Crippen LogP contribution in [0.5, 0.6) is 0 Å². The summed E-state index contributed by atoms with van der Waals surface area (Å²) in [5.41, 5.74) is 1.53. The lowest BCUT2D eigenvalue weighted by molar-refractivity contribution is 0.172. The van der Waals surface area contributed by atoms with Gasteiger partial charge in [-0.15, -0.1) is 11.3 Å². The van der Waals surface area contributed by atoms with Gasteiger partial charge in [-0.05, 0) is 32.4 Å². The van der Waals surface area contributed by atoms with Gasteiger partial charge in [-0.3, -0.25) is 4.90 Å². The molecule has 3 rings (SSSR count). The molecule has 1 aromatic heterocycles.